The van der Waals surface area contributed by atoms with Crippen molar-refractivity contribution >= 4 is 54.3 Å². The van der Waals surface area contributed by atoms with Crippen LogP contribution < -0.4 is 14.9 Å². The number of alkyl halides is 3. The van der Waals surface area contributed by atoms with Crippen LogP contribution in [0.5, 0.6) is 0 Å². The van der Waals surface area contributed by atoms with Gasteiger partial charge in [0.1, 0.15) is 4.90 Å². The molecule has 2 N–H and O–H groups in total. The Morgan fingerprint density at radius 2 is 1.57 bits per heavy atom. The zero-order valence-electron chi connectivity index (χ0n) is 33.9. The third-order valence-electron chi connectivity index (χ3n) is 12.0. The van der Waals surface area contributed by atoms with Gasteiger partial charge in [0.05, 0.1) is 23.8 Å². The Kier molecular flexibility index (Phi) is 13.3. The number of benzene rings is 3. The summed E-state index contributed by atoms with van der Waals surface area (Å²) in [7, 11) is -10.8. The number of hydrogen-bond acceptors (Lipinski definition) is 10. The molecule has 0 aromatic heterocycles. The first kappa shape index (κ1) is 44.4. The molecule has 1 amide bonds. The molecular formula is C43H53ClF3N5O6S2. The molecule has 0 bridgehead atoms. The van der Waals surface area contributed by atoms with Gasteiger partial charge in [0.2, 0.25) is 0 Å². The van der Waals surface area contributed by atoms with Gasteiger partial charge in [-0.15, -0.1) is 0 Å². The molecule has 0 spiro atoms. The summed E-state index contributed by atoms with van der Waals surface area (Å²) >= 11 is 6.18. The monoisotopic (exact) mass is 891 g/mol. The lowest BCUT2D eigenvalue weighted by Crippen LogP contribution is -2.47. The first-order valence-corrected chi connectivity index (χ1v) is 23.8. The molecule has 3 fully saturated rings. The lowest BCUT2D eigenvalue weighted by Gasteiger charge is -2.39. The average Bonchev–Trinajstić information content (AvgIpc) is 4.02. The van der Waals surface area contributed by atoms with Crippen LogP contribution in [0.3, 0.4) is 0 Å². The van der Waals surface area contributed by atoms with E-state index in [2.05, 4.69) is 46.0 Å². The van der Waals surface area contributed by atoms with Gasteiger partial charge < -0.3 is 15.0 Å². The topological polar surface area (TPSA) is 128 Å². The Morgan fingerprint density at radius 3 is 2.20 bits per heavy atom. The minimum Gasteiger partial charge on any atom is -0.380 e. The molecule has 0 unspecified atom stereocenters. The fourth-order valence-corrected chi connectivity index (χ4v) is 10.6. The van der Waals surface area contributed by atoms with Crippen molar-refractivity contribution in [2.45, 2.75) is 73.7 Å². The molecule has 3 aromatic rings. The van der Waals surface area contributed by atoms with Crippen LogP contribution in [-0.4, -0.2) is 110 Å². The van der Waals surface area contributed by atoms with Gasteiger partial charge >= 0.3 is 5.51 Å². The summed E-state index contributed by atoms with van der Waals surface area (Å²) in [6.45, 7) is 11.4. The first-order chi connectivity index (χ1) is 28.4. The minimum atomic E-state index is -6.00. The Bertz CT molecular complexity index is 2270. The molecule has 7 rings (SSSR count). The van der Waals surface area contributed by atoms with Gasteiger partial charge in [-0.3, -0.25) is 14.6 Å². The number of piperazine rings is 1. The highest BCUT2D eigenvalue weighted by atomic mass is 35.5. The number of morpholine rings is 1. The first-order valence-electron chi connectivity index (χ1n) is 20.5. The Morgan fingerprint density at radius 1 is 0.900 bits per heavy atom. The number of carbonyl (C=O) groups is 1. The summed E-state index contributed by atoms with van der Waals surface area (Å²) < 4.78 is 102. The number of nitrogens with one attached hydrogen (secondary N) is 2. The van der Waals surface area contributed by atoms with Gasteiger partial charge in [-0.25, -0.2) is 21.6 Å². The second-order valence-corrected chi connectivity index (χ2v) is 21.2. The SMILES string of the molecule is CC1(C)CCC(c2ccc(Cl)cc2)=C(CN2CCN(c3ccc(C(=O)NS(=O)(=O)c4ccc(N[C@@H](CC5CC5)CN5CCOCC5)c(S(=O)(=O)C(F)(F)F)c4)cc3)CC2)C1. The van der Waals surface area contributed by atoms with Gasteiger partial charge in [-0.2, -0.15) is 13.2 Å². The van der Waals surface area contributed by atoms with E-state index < -0.39 is 47.1 Å². The second-order valence-electron chi connectivity index (χ2n) is 17.2. The average molecular weight is 893 g/mol. The molecule has 2 saturated heterocycles. The van der Waals surface area contributed by atoms with Gasteiger partial charge in [-0.05, 0) is 103 Å². The lowest BCUT2D eigenvalue weighted by atomic mass is 9.73. The number of carbonyl (C=O) groups excluding carboxylic acids is 1. The van der Waals surface area contributed by atoms with Crippen molar-refractivity contribution in [3.05, 3.63) is 88.5 Å². The number of amides is 1. The summed E-state index contributed by atoms with van der Waals surface area (Å²) in [4.78, 5) is 18.0. The molecule has 2 aliphatic heterocycles. The minimum absolute atomic E-state index is 0.00925. The predicted octanol–water partition coefficient (Wildman–Crippen LogP) is 7.45. The van der Waals surface area contributed by atoms with Gasteiger partial charge in [-0.1, -0.05) is 56.0 Å². The van der Waals surface area contributed by atoms with E-state index in [1.165, 1.54) is 28.8 Å². The van der Waals surface area contributed by atoms with E-state index in [9.17, 15) is 34.8 Å². The smallest absolute Gasteiger partial charge is 0.380 e. The normalized spacial score (nSPS) is 20.2. The summed E-state index contributed by atoms with van der Waals surface area (Å²) in [6, 6.07) is 16.6. The van der Waals surface area contributed by atoms with Crippen molar-refractivity contribution in [2.75, 3.05) is 75.8 Å². The largest absolute Gasteiger partial charge is 0.501 e. The van der Waals surface area contributed by atoms with Crippen molar-refractivity contribution in [2.24, 2.45) is 11.3 Å². The molecule has 1 atom stereocenters. The summed E-state index contributed by atoms with van der Waals surface area (Å²) in [5.41, 5.74) is -0.898. The fraction of sp³-hybridized carbons (Fsp3) is 0.512. The Hall–Kier alpha value is -3.67. The van der Waals surface area contributed by atoms with E-state index in [1.807, 2.05) is 16.9 Å². The van der Waals surface area contributed by atoms with Crippen LogP contribution >= 0.6 is 11.6 Å². The number of ether oxygens (including phenoxy) is 1. The summed E-state index contributed by atoms with van der Waals surface area (Å²) in [6.07, 6.45) is 5.71. The highest BCUT2D eigenvalue weighted by Gasteiger charge is 2.48. The molecule has 3 aromatic carbocycles. The van der Waals surface area contributed by atoms with Crippen LogP contribution in [0.25, 0.3) is 5.57 Å². The summed E-state index contributed by atoms with van der Waals surface area (Å²) in [5.74, 6) is -0.651. The van der Waals surface area contributed by atoms with E-state index in [0.29, 0.717) is 56.3 Å². The van der Waals surface area contributed by atoms with Crippen molar-refractivity contribution in [1.82, 2.24) is 14.5 Å². The number of sulfone groups is 1. The van der Waals surface area contributed by atoms with E-state index in [0.717, 1.165) is 82.6 Å². The number of allylic oxidation sites excluding steroid dienone is 1. The lowest BCUT2D eigenvalue weighted by molar-refractivity contribution is -0.0436. The maximum absolute atomic E-state index is 14.0. The van der Waals surface area contributed by atoms with Gasteiger partial charge in [0.15, 0.2) is 0 Å². The second kappa shape index (κ2) is 18.0. The molecule has 2 aliphatic carbocycles. The van der Waals surface area contributed by atoms with E-state index in [-0.39, 0.29) is 16.7 Å². The van der Waals surface area contributed by atoms with Crippen LogP contribution in [0.4, 0.5) is 24.5 Å². The molecule has 1 saturated carbocycles. The number of sulfonamides is 1. The molecule has 2 heterocycles. The number of rotatable bonds is 14. The number of halogens is 4. The summed E-state index contributed by atoms with van der Waals surface area (Å²) in [5, 5.41) is 3.72. The highest BCUT2D eigenvalue weighted by Crippen LogP contribution is 2.43. The highest BCUT2D eigenvalue weighted by molar-refractivity contribution is 7.92. The standard InChI is InChI=1S/C43H53ClF3N5O6S2/c1-42(2)16-15-38(31-5-9-34(44)10-6-31)33(27-42)28-50-17-19-52(20-18-50)36-11-7-32(8-12-36)41(53)49-60(56,57)37-13-14-39(40(26-37)59(54,55)43(45,46)47)48-35(25-30-3-4-30)29-51-21-23-58-24-22-51/h5-14,26,30,35,48H,3-4,15-25,27-29H2,1-2H3,(H,49,53)/t35-/m0/s1. The van der Waals surface area contributed by atoms with Crippen molar-refractivity contribution in [3.8, 4) is 0 Å². The van der Waals surface area contributed by atoms with Crippen molar-refractivity contribution < 1.29 is 39.5 Å². The predicted molar refractivity (Wildman–Crippen MR) is 227 cm³/mol. The van der Waals surface area contributed by atoms with Crippen LogP contribution in [-0.2, 0) is 24.6 Å². The van der Waals surface area contributed by atoms with Crippen molar-refractivity contribution in [3.63, 3.8) is 0 Å². The molecule has 17 heteroatoms. The maximum atomic E-state index is 14.0. The third-order valence-corrected chi connectivity index (χ3v) is 15.1. The van der Waals surface area contributed by atoms with Gasteiger partial charge in [0.25, 0.3) is 25.8 Å². The van der Waals surface area contributed by atoms with E-state index in [4.69, 9.17) is 16.3 Å². The van der Waals surface area contributed by atoms with Crippen LogP contribution in [0.1, 0.15) is 68.3 Å². The Labute approximate surface area is 356 Å². The van der Waals surface area contributed by atoms with Crippen molar-refractivity contribution in [1.29, 1.82) is 0 Å². The fourth-order valence-electron chi connectivity index (χ4n) is 8.45. The quantitative estimate of drug-likeness (QED) is 0.169. The maximum Gasteiger partial charge on any atom is 0.501 e. The third kappa shape index (κ3) is 10.9. The van der Waals surface area contributed by atoms with Crippen LogP contribution in [0.15, 0.2) is 82.1 Å². The zero-order valence-corrected chi connectivity index (χ0v) is 36.3. The van der Waals surface area contributed by atoms with Crippen LogP contribution in [0, 0.1) is 11.3 Å². The zero-order chi connectivity index (χ0) is 42.9. The number of hydrogen-bond donors (Lipinski definition) is 2. The van der Waals surface area contributed by atoms with Crippen LogP contribution in [0.2, 0.25) is 5.02 Å². The van der Waals surface area contributed by atoms with Gasteiger partial charge in [0, 0.05) is 74.7 Å². The van der Waals surface area contributed by atoms with E-state index in [1.54, 1.807) is 12.1 Å². The molecule has 60 heavy (non-hydrogen) atoms. The molecule has 0 radical (unpaired) electrons. The number of anilines is 2. The Balaban J connectivity index is 1.01. The molecular weight excluding hydrogens is 839 g/mol. The molecule has 11 nitrogen and oxygen atoms in total. The molecule has 4 aliphatic rings. The van der Waals surface area contributed by atoms with E-state index >= 15 is 0 Å². The number of nitrogens with zero attached hydrogens (tertiary/aromatic N) is 3. The molecule has 326 valence electrons.